The molecule has 0 spiro atoms. The number of aromatic hydroxyl groups is 1. The van der Waals surface area contributed by atoms with Gasteiger partial charge in [-0.05, 0) is 66.6 Å². The highest BCUT2D eigenvalue weighted by atomic mass is 32.2. The lowest BCUT2D eigenvalue weighted by molar-refractivity contribution is 0.371. The molecule has 1 aliphatic carbocycles. The normalized spacial score (nSPS) is 21.8. The molecule has 0 radical (unpaired) electrons. The van der Waals surface area contributed by atoms with E-state index in [1.807, 2.05) is 32.0 Å². The van der Waals surface area contributed by atoms with Gasteiger partial charge in [0.05, 0.1) is 18.0 Å². The molecule has 7 heteroatoms. The van der Waals surface area contributed by atoms with Gasteiger partial charge < -0.3 is 15.2 Å². The summed E-state index contributed by atoms with van der Waals surface area (Å²) < 4.78 is 33.4. The molecule has 3 unspecified atom stereocenters. The van der Waals surface area contributed by atoms with Crippen molar-refractivity contribution in [1.82, 2.24) is 4.31 Å². The largest absolute Gasteiger partial charge is 0.504 e. The van der Waals surface area contributed by atoms with Crippen molar-refractivity contribution in [3.8, 4) is 11.5 Å². The van der Waals surface area contributed by atoms with Gasteiger partial charge in [-0.25, -0.2) is 8.42 Å². The van der Waals surface area contributed by atoms with Gasteiger partial charge in [0.25, 0.3) is 0 Å². The zero-order valence-electron chi connectivity index (χ0n) is 18.9. The molecular formula is C25H32N2O4S. The number of nitrogens with zero attached hydrogens (tertiary/aromatic N) is 1. The maximum atomic E-state index is 13.3. The van der Waals surface area contributed by atoms with Gasteiger partial charge in [-0.2, -0.15) is 4.31 Å². The first-order chi connectivity index (χ1) is 15.4. The van der Waals surface area contributed by atoms with Crippen LogP contribution in [0, 0.1) is 5.92 Å². The van der Waals surface area contributed by atoms with Crippen molar-refractivity contribution in [2.45, 2.75) is 50.0 Å². The van der Waals surface area contributed by atoms with Gasteiger partial charge in [-0.3, -0.25) is 0 Å². The Hall–Kier alpha value is -2.51. The van der Waals surface area contributed by atoms with Crippen molar-refractivity contribution < 1.29 is 18.3 Å². The van der Waals surface area contributed by atoms with E-state index in [9.17, 15) is 13.5 Å². The molecule has 0 saturated carbocycles. The zero-order valence-corrected chi connectivity index (χ0v) is 19.7. The summed E-state index contributed by atoms with van der Waals surface area (Å²) in [6.07, 6.45) is 6.82. The number of sulfonamides is 1. The summed E-state index contributed by atoms with van der Waals surface area (Å²) in [5, 5.41) is 13.9. The average molecular weight is 457 g/mol. The second-order valence-corrected chi connectivity index (χ2v) is 10.5. The molecule has 2 aromatic carbocycles. The lowest BCUT2D eigenvalue weighted by atomic mass is 9.77. The SMILES string of the molecule is CCCN(CCC)S(=O)(=O)c1ccc2c(c1)C1C=CCC1C(c1ccc(OC)c(O)c1)N2. The van der Waals surface area contributed by atoms with Gasteiger partial charge in [0.2, 0.25) is 10.0 Å². The number of phenolic OH excluding ortho intramolecular Hbond substituents is 1. The number of hydrogen-bond acceptors (Lipinski definition) is 5. The number of phenols is 1. The standard InChI is InChI=1S/C25H32N2O4S/c1-4-13-27(14-5-2)32(29,30)18-10-11-22-21(16-18)19-7-6-8-20(19)25(26-22)17-9-12-24(31-3)23(28)15-17/h6-7,9-12,15-16,19-20,25-26,28H,4-5,8,13-14H2,1-3H3. The summed E-state index contributed by atoms with van der Waals surface area (Å²) in [5.41, 5.74) is 2.95. The van der Waals surface area contributed by atoms with Crippen LogP contribution in [0.4, 0.5) is 5.69 Å². The van der Waals surface area contributed by atoms with Gasteiger partial charge >= 0.3 is 0 Å². The molecular weight excluding hydrogens is 424 g/mol. The summed E-state index contributed by atoms with van der Waals surface area (Å²) >= 11 is 0. The van der Waals surface area contributed by atoms with Crippen molar-refractivity contribution in [1.29, 1.82) is 0 Å². The molecule has 2 N–H and O–H groups in total. The summed E-state index contributed by atoms with van der Waals surface area (Å²) in [6, 6.07) is 11.0. The fourth-order valence-corrected chi connectivity index (χ4v) is 6.62. The topological polar surface area (TPSA) is 78.9 Å². The highest BCUT2D eigenvalue weighted by molar-refractivity contribution is 7.89. The number of ether oxygens (including phenoxy) is 1. The molecule has 0 fully saturated rings. The first-order valence-electron chi connectivity index (χ1n) is 11.3. The van der Waals surface area contributed by atoms with E-state index in [1.54, 1.807) is 22.5 Å². The predicted molar refractivity (Wildman–Crippen MR) is 127 cm³/mol. The molecule has 1 aliphatic heterocycles. The molecule has 0 aromatic heterocycles. The Labute approximate surface area is 191 Å². The molecule has 1 heterocycles. The fourth-order valence-electron chi connectivity index (χ4n) is 4.96. The van der Waals surface area contributed by atoms with Crippen LogP contribution in [0.3, 0.4) is 0 Å². The van der Waals surface area contributed by atoms with E-state index in [2.05, 4.69) is 17.5 Å². The van der Waals surface area contributed by atoms with Crippen molar-refractivity contribution in [2.24, 2.45) is 5.92 Å². The molecule has 32 heavy (non-hydrogen) atoms. The monoisotopic (exact) mass is 456 g/mol. The minimum atomic E-state index is -3.53. The van der Waals surface area contributed by atoms with Crippen LogP contribution in [0.2, 0.25) is 0 Å². The van der Waals surface area contributed by atoms with Crippen molar-refractivity contribution in [3.63, 3.8) is 0 Å². The Balaban J connectivity index is 1.70. The summed E-state index contributed by atoms with van der Waals surface area (Å²) in [4.78, 5) is 0.361. The first-order valence-corrected chi connectivity index (χ1v) is 12.8. The van der Waals surface area contributed by atoms with Crippen molar-refractivity contribution in [2.75, 3.05) is 25.5 Å². The second-order valence-electron chi connectivity index (χ2n) is 8.56. The van der Waals surface area contributed by atoms with Crippen LogP contribution in [-0.4, -0.2) is 38.0 Å². The second kappa shape index (κ2) is 9.16. The number of fused-ring (bicyclic) bond motifs is 3. The van der Waals surface area contributed by atoms with Gasteiger partial charge in [0.15, 0.2) is 11.5 Å². The minimum Gasteiger partial charge on any atom is -0.504 e. The molecule has 2 aliphatic rings. The molecule has 0 saturated heterocycles. The number of rotatable bonds is 8. The third-order valence-electron chi connectivity index (χ3n) is 6.48. The fraction of sp³-hybridized carbons (Fsp3) is 0.440. The Bertz CT molecular complexity index is 1110. The highest BCUT2D eigenvalue weighted by Crippen LogP contribution is 2.50. The lowest BCUT2D eigenvalue weighted by Crippen LogP contribution is -2.33. The van der Waals surface area contributed by atoms with Crippen LogP contribution in [0.5, 0.6) is 11.5 Å². The minimum absolute atomic E-state index is 0.0124. The van der Waals surface area contributed by atoms with Crippen molar-refractivity contribution >= 4 is 15.7 Å². The Morgan fingerprint density at radius 2 is 1.88 bits per heavy atom. The molecule has 4 rings (SSSR count). The van der Waals surface area contributed by atoms with Gasteiger partial charge in [-0.15, -0.1) is 0 Å². The van der Waals surface area contributed by atoms with E-state index >= 15 is 0 Å². The van der Waals surface area contributed by atoms with E-state index in [4.69, 9.17) is 4.74 Å². The van der Waals surface area contributed by atoms with E-state index in [1.165, 1.54) is 7.11 Å². The molecule has 172 valence electrons. The van der Waals surface area contributed by atoms with Gasteiger partial charge in [0.1, 0.15) is 0 Å². The number of benzene rings is 2. The molecule has 3 atom stereocenters. The quantitative estimate of drug-likeness (QED) is 0.544. The number of nitrogens with one attached hydrogen (secondary N) is 1. The third kappa shape index (κ3) is 3.99. The maximum Gasteiger partial charge on any atom is 0.243 e. The molecule has 2 aromatic rings. The first kappa shape index (κ1) is 22.7. The molecule has 0 amide bonds. The van der Waals surface area contributed by atoms with Crippen LogP contribution in [0.15, 0.2) is 53.4 Å². The number of hydrogen-bond donors (Lipinski definition) is 2. The summed E-state index contributed by atoms with van der Waals surface area (Å²) in [6.45, 7) is 5.06. The van der Waals surface area contributed by atoms with Crippen LogP contribution >= 0.6 is 0 Å². The van der Waals surface area contributed by atoms with E-state index in [0.717, 1.165) is 36.1 Å². The Kier molecular flexibility index (Phi) is 6.49. The van der Waals surface area contributed by atoms with Crippen LogP contribution in [0.25, 0.3) is 0 Å². The summed E-state index contributed by atoms with van der Waals surface area (Å²) in [7, 11) is -2.00. The number of methoxy groups -OCH3 is 1. The average Bonchev–Trinajstić information content (AvgIpc) is 3.28. The van der Waals surface area contributed by atoms with Crippen LogP contribution < -0.4 is 10.1 Å². The van der Waals surface area contributed by atoms with E-state index < -0.39 is 10.0 Å². The van der Waals surface area contributed by atoms with E-state index in [0.29, 0.717) is 23.7 Å². The maximum absolute atomic E-state index is 13.3. The molecule has 0 bridgehead atoms. The van der Waals surface area contributed by atoms with Crippen LogP contribution in [0.1, 0.15) is 56.2 Å². The Morgan fingerprint density at radius 1 is 1.12 bits per heavy atom. The molecule has 6 nitrogen and oxygen atoms in total. The smallest absolute Gasteiger partial charge is 0.243 e. The lowest BCUT2D eigenvalue weighted by Gasteiger charge is -2.38. The zero-order chi connectivity index (χ0) is 22.9. The number of allylic oxidation sites excluding steroid dienone is 2. The highest BCUT2D eigenvalue weighted by Gasteiger charge is 2.39. The third-order valence-corrected chi connectivity index (χ3v) is 8.37. The van der Waals surface area contributed by atoms with Gasteiger partial charge in [-0.1, -0.05) is 32.1 Å². The Morgan fingerprint density at radius 3 is 2.53 bits per heavy atom. The van der Waals surface area contributed by atoms with Gasteiger partial charge in [0, 0.05) is 24.7 Å². The summed E-state index contributed by atoms with van der Waals surface area (Å²) in [5.74, 6) is 0.940. The van der Waals surface area contributed by atoms with Crippen LogP contribution in [-0.2, 0) is 10.0 Å². The van der Waals surface area contributed by atoms with Crippen molar-refractivity contribution in [3.05, 3.63) is 59.7 Å². The van der Waals surface area contributed by atoms with E-state index in [-0.39, 0.29) is 23.6 Å². The number of anilines is 1. The predicted octanol–water partition coefficient (Wildman–Crippen LogP) is 5.04.